The number of nitrogens with one attached hydrogen (secondary N) is 2. The molecule has 1 amide bonds. The first-order valence-corrected chi connectivity index (χ1v) is 9.93. The first kappa shape index (κ1) is 19.8. The normalized spacial score (nSPS) is 12.5. The van der Waals surface area contributed by atoms with Crippen molar-refractivity contribution in [3.63, 3.8) is 0 Å². The lowest BCUT2D eigenvalue weighted by molar-refractivity contribution is -0.105. The smallest absolute Gasteiger partial charge is 0.212 e. The number of amides is 1. The van der Waals surface area contributed by atoms with Gasteiger partial charge in [0.1, 0.15) is 5.82 Å². The van der Waals surface area contributed by atoms with Crippen LogP contribution >= 0.6 is 0 Å². The van der Waals surface area contributed by atoms with E-state index in [0.29, 0.717) is 57.8 Å². The quantitative estimate of drug-likeness (QED) is 0.468. The number of halogens is 1. The van der Waals surface area contributed by atoms with Gasteiger partial charge in [0.15, 0.2) is 11.5 Å². The molecular formula is C22H23FN6O. The summed E-state index contributed by atoms with van der Waals surface area (Å²) in [4.78, 5) is 19.3. The third-order valence-electron chi connectivity index (χ3n) is 4.88. The monoisotopic (exact) mass is 406 g/mol. The van der Waals surface area contributed by atoms with E-state index in [9.17, 15) is 4.79 Å². The van der Waals surface area contributed by atoms with Crippen molar-refractivity contribution >= 4 is 34.4 Å². The molecule has 3 aromatic heterocycles. The molecule has 2 N–H and O–H groups in total. The molecule has 1 aliphatic carbocycles. The van der Waals surface area contributed by atoms with Crippen molar-refractivity contribution in [3.05, 3.63) is 48.3 Å². The largest absolute Gasteiger partial charge is 0.312 e. The SMILES string of the molecule is C1CC1.C=C(C)c1c(F)c(CC)c(-c2cn3cc(NC=O)nc3cn2)c2cn[nH]c12. The maximum Gasteiger partial charge on any atom is 0.212 e. The summed E-state index contributed by atoms with van der Waals surface area (Å²) in [6.07, 6.45) is 12.2. The summed E-state index contributed by atoms with van der Waals surface area (Å²) >= 11 is 0. The fraction of sp³-hybridized carbons (Fsp3) is 0.273. The van der Waals surface area contributed by atoms with Gasteiger partial charge in [-0.1, -0.05) is 32.8 Å². The van der Waals surface area contributed by atoms with Crippen molar-refractivity contribution in [2.75, 3.05) is 5.32 Å². The van der Waals surface area contributed by atoms with Gasteiger partial charge in [0.25, 0.3) is 0 Å². The summed E-state index contributed by atoms with van der Waals surface area (Å²) in [5.74, 6) is 0.101. The third-order valence-corrected chi connectivity index (χ3v) is 4.88. The van der Waals surface area contributed by atoms with E-state index in [0.717, 1.165) is 5.39 Å². The van der Waals surface area contributed by atoms with E-state index < -0.39 is 0 Å². The van der Waals surface area contributed by atoms with Gasteiger partial charge >= 0.3 is 0 Å². The summed E-state index contributed by atoms with van der Waals surface area (Å²) < 4.78 is 17.0. The standard InChI is InChI=1S/C19H17FN6O.C3H6/c1-4-11-17(12-5-23-25-19(12)16(10(2)3)18(11)20)13-7-26-8-14(22-9-27)24-15(26)6-21-13;1-2-3-1/h5-9H,2,4H2,1,3H3,(H,22,27)(H,23,25);1-3H2. The highest BCUT2D eigenvalue weighted by Gasteiger charge is 2.22. The van der Waals surface area contributed by atoms with E-state index in [-0.39, 0.29) is 5.82 Å². The van der Waals surface area contributed by atoms with Crippen LogP contribution in [0.25, 0.3) is 33.4 Å². The van der Waals surface area contributed by atoms with Gasteiger partial charge in [0.05, 0.1) is 29.8 Å². The second-order valence-corrected chi connectivity index (χ2v) is 7.32. The predicted octanol–water partition coefficient (Wildman–Crippen LogP) is 4.75. The predicted molar refractivity (Wildman–Crippen MR) is 116 cm³/mol. The molecule has 0 unspecified atom stereocenters. The van der Waals surface area contributed by atoms with Gasteiger partial charge in [-0.2, -0.15) is 5.10 Å². The van der Waals surface area contributed by atoms with Crippen LogP contribution in [0.5, 0.6) is 0 Å². The van der Waals surface area contributed by atoms with E-state index in [1.54, 1.807) is 36.1 Å². The number of allylic oxidation sites excluding steroid dienone is 1. The highest BCUT2D eigenvalue weighted by molar-refractivity contribution is 6.01. The Hall–Kier alpha value is -3.55. The van der Waals surface area contributed by atoms with Gasteiger partial charge in [0.2, 0.25) is 6.41 Å². The maximum atomic E-state index is 15.3. The Labute approximate surface area is 173 Å². The Morgan fingerprint density at radius 2 is 2.10 bits per heavy atom. The Morgan fingerprint density at radius 1 is 1.33 bits per heavy atom. The van der Waals surface area contributed by atoms with E-state index in [4.69, 9.17) is 0 Å². The number of anilines is 1. The van der Waals surface area contributed by atoms with Crippen molar-refractivity contribution in [1.82, 2.24) is 24.6 Å². The van der Waals surface area contributed by atoms with E-state index in [2.05, 4.69) is 32.1 Å². The number of aromatic amines is 1. The van der Waals surface area contributed by atoms with Gasteiger partial charge in [-0.3, -0.25) is 14.9 Å². The minimum absolute atomic E-state index is 0.312. The summed E-state index contributed by atoms with van der Waals surface area (Å²) in [5.41, 5.74) is 4.08. The van der Waals surface area contributed by atoms with Crippen molar-refractivity contribution in [3.8, 4) is 11.3 Å². The average Bonchev–Trinajstić information content (AvgIpc) is 3.44. The van der Waals surface area contributed by atoms with Gasteiger partial charge in [-0.25, -0.2) is 9.37 Å². The van der Waals surface area contributed by atoms with E-state index in [1.165, 1.54) is 19.3 Å². The highest BCUT2D eigenvalue weighted by atomic mass is 19.1. The van der Waals surface area contributed by atoms with Gasteiger partial charge < -0.3 is 9.72 Å². The molecule has 154 valence electrons. The Morgan fingerprint density at radius 3 is 2.73 bits per heavy atom. The zero-order valence-corrected chi connectivity index (χ0v) is 17.0. The molecule has 0 spiro atoms. The Kier molecular flexibility index (Phi) is 5.31. The number of rotatable bonds is 5. The first-order valence-electron chi connectivity index (χ1n) is 9.93. The fourth-order valence-corrected chi connectivity index (χ4v) is 3.38. The molecule has 30 heavy (non-hydrogen) atoms. The number of nitrogens with zero attached hydrogens (tertiary/aromatic N) is 4. The van der Waals surface area contributed by atoms with Crippen molar-refractivity contribution in [2.45, 2.75) is 39.5 Å². The number of imidazole rings is 1. The number of fused-ring (bicyclic) bond motifs is 2. The van der Waals surface area contributed by atoms with Crippen LogP contribution < -0.4 is 5.32 Å². The third kappa shape index (κ3) is 3.56. The number of benzene rings is 1. The highest BCUT2D eigenvalue weighted by Crippen LogP contribution is 2.37. The van der Waals surface area contributed by atoms with Crippen LogP contribution in [0.4, 0.5) is 10.2 Å². The maximum absolute atomic E-state index is 15.3. The molecule has 1 aromatic carbocycles. The zero-order chi connectivity index (χ0) is 21.3. The molecule has 8 heteroatoms. The van der Waals surface area contributed by atoms with Crippen LogP contribution in [0.2, 0.25) is 0 Å². The molecular weight excluding hydrogens is 383 g/mol. The number of hydrogen-bond acceptors (Lipinski definition) is 4. The van der Waals surface area contributed by atoms with E-state index >= 15 is 4.39 Å². The van der Waals surface area contributed by atoms with Crippen LogP contribution in [0.3, 0.4) is 0 Å². The number of carbonyl (C=O) groups is 1. The molecule has 1 saturated carbocycles. The van der Waals surface area contributed by atoms with Gasteiger partial charge in [-0.15, -0.1) is 0 Å². The van der Waals surface area contributed by atoms with Gasteiger partial charge in [0, 0.05) is 22.7 Å². The molecule has 1 aliphatic rings. The lowest BCUT2D eigenvalue weighted by atomic mass is 9.92. The number of hydrogen-bond donors (Lipinski definition) is 2. The van der Waals surface area contributed by atoms with E-state index in [1.807, 2.05) is 6.92 Å². The minimum Gasteiger partial charge on any atom is -0.312 e. The second kappa shape index (κ2) is 8.06. The number of aromatic nitrogens is 5. The molecule has 0 bridgehead atoms. The lowest BCUT2D eigenvalue weighted by Gasteiger charge is -2.15. The lowest BCUT2D eigenvalue weighted by Crippen LogP contribution is -2.02. The zero-order valence-electron chi connectivity index (χ0n) is 17.0. The molecule has 0 saturated heterocycles. The molecule has 5 rings (SSSR count). The molecule has 7 nitrogen and oxygen atoms in total. The Bertz CT molecular complexity index is 1250. The van der Waals surface area contributed by atoms with Crippen LogP contribution in [0, 0.1) is 5.82 Å². The Balaban J connectivity index is 0.000000667. The second-order valence-electron chi connectivity index (χ2n) is 7.32. The van der Waals surface area contributed by atoms with Crippen molar-refractivity contribution in [1.29, 1.82) is 0 Å². The van der Waals surface area contributed by atoms with Gasteiger partial charge in [-0.05, 0) is 24.5 Å². The summed E-state index contributed by atoms with van der Waals surface area (Å²) in [6.45, 7) is 7.58. The number of H-pyrrole nitrogens is 1. The average molecular weight is 406 g/mol. The molecule has 4 aromatic rings. The molecule has 0 radical (unpaired) electrons. The summed E-state index contributed by atoms with van der Waals surface area (Å²) in [6, 6.07) is 0. The topological polar surface area (TPSA) is 88.0 Å². The molecule has 0 aliphatic heterocycles. The first-order chi connectivity index (χ1) is 14.5. The van der Waals surface area contributed by atoms with Crippen LogP contribution in [-0.2, 0) is 11.2 Å². The van der Waals surface area contributed by atoms with Crippen LogP contribution in [0.1, 0.15) is 44.2 Å². The molecule has 0 atom stereocenters. The van der Waals surface area contributed by atoms with Crippen LogP contribution in [-0.4, -0.2) is 31.0 Å². The van der Waals surface area contributed by atoms with Crippen molar-refractivity contribution in [2.24, 2.45) is 0 Å². The van der Waals surface area contributed by atoms with Crippen molar-refractivity contribution < 1.29 is 9.18 Å². The summed E-state index contributed by atoms with van der Waals surface area (Å²) in [7, 11) is 0. The molecule has 3 heterocycles. The van der Waals surface area contributed by atoms with Crippen LogP contribution in [0.15, 0.2) is 31.4 Å². The molecule has 1 fully saturated rings. The minimum atomic E-state index is -0.312. The number of carbonyl (C=O) groups excluding carboxylic acids is 1. The fourth-order valence-electron chi connectivity index (χ4n) is 3.38. The summed E-state index contributed by atoms with van der Waals surface area (Å²) in [5, 5.41) is 10.3.